The number of hydrogen-bond donors (Lipinski definition) is 3. The Balaban J connectivity index is 1.79. The fourth-order valence-corrected chi connectivity index (χ4v) is 2.09. The number of carbonyl (C=O) groups excluding carboxylic acids is 2. The quantitative estimate of drug-likeness (QED) is 0.643. The molecule has 0 bridgehead atoms. The predicted octanol–water partition coefficient (Wildman–Crippen LogP) is 2.49. The van der Waals surface area contributed by atoms with Crippen LogP contribution < -0.4 is 16.4 Å². The van der Waals surface area contributed by atoms with Crippen LogP contribution in [0.15, 0.2) is 24.3 Å². The second-order valence-corrected chi connectivity index (χ2v) is 5.49. The van der Waals surface area contributed by atoms with Gasteiger partial charge in [-0.2, -0.15) is 0 Å². The Labute approximate surface area is 125 Å². The molecule has 1 aliphatic carbocycles. The number of nitrogens with two attached hydrogens (primary N) is 1. The lowest BCUT2D eigenvalue weighted by atomic mass is 10.2. The van der Waals surface area contributed by atoms with Crippen LogP contribution in [-0.2, 0) is 9.59 Å². The number of rotatable bonds is 8. The van der Waals surface area contributed by atoms with Crippen LogP contribution in [0.1, 0.15) is 38.5 Å². The third-order valence-corrected chi connectivity index (χ3v) is 3.47. The van der Waals surface area contributed by atoms with Gasteiger partial charge in [0.05, 0.1) is 0 Å². The second-order valence-electron chi connectivity index (χ2n) is 5.49. The van der Waals surface area contributed by atoms with Gasteiger partial charge < -0.3 is 16.4 Å². The molecule has 0 saturated heterocycles. The number of hydrogen-bond acceptors (Lipinski definition) is 3. The van der Waals surface area contributed by atoms with Crippen molar-refractivity contribution in [3.63, 3.8) is 0 Å². The van der Waals surface area contributed by atoms with Gasteiger partial charge in [0.25, 0.3) is 0 Å². The highest BCUT2D eigenvalue weighted by atomic mass is 16.2. The molecule has 0 aliphatic heterocycles. The third kappa shape index (κ3) is 5.55. The maximum absolute atomic E-state index is 11.8. The highest BCUT2D eigenvalue weighted by Crippen LogP contribution is 2.30. The number of benzene rings is 1. The van der Waals surface area contributed by atoms with Crippen LogP contribution in [0.5, 0.6) is 0 Å². The van der Waals surface area contributed by atoms with E-state index < -0.39 is 0 Å². The molecule has 0 unspecified atom stereocenters. The molecule has 1 saturated carbocycles. The number of nitrogens with one attached hydrogen (secondary N) is 2. The Kier molecular flexibility index (Phi) is 5.75. The first kappa shape index (κ1) is 15.5. The summed E-state index contributed by atoms with van der Waals surface area (Å²) in [6.45, 7) is 0.671. The summed E-state index contributed by atoms with van der Waals surface area (Å²) in [6, 6.07) is 7.27. The van der Waals surface area contributed by atoms with Crippen LogP contribution >= 0.6 is 0 Å². The molecular formula is C16H23N3O2. The van der Waals surface area contributed by atoms with E-state index in [0.29, 0.717) is 18.7 Å². The van der Waals surface area contributed by atoms with E-state index in [4.69, 9.17) is 5.73 Å². The molecule has 1 fully saturated rings. The average Bonchev–Trinajstić information content (AvgIpc) is 3.28. The summed E-state index contributed by atoms with van der Waals surface area (Å²) in [6.07, 6.45) is 5.23. The van der Waals surface area contributed by atoms with Crippen molar-refractivity contribution in [1.82, 2.24) is 0 Å². The number of unbranched alkanes of at least 4 members (excludes halogenated alkanes) is 2. The Morgan fingerprint density at radius 1 is 1.10 bits per heavy atom. The van der Waals surface area contributed by atoms with Gasteiger partial charge in [0, 0.05) is 23.7 Å². The van der Waals surface area contributed by atoms with Gasteiger partial charge in [-0.15, -0.1) is 0 Å². The molecule has 0 atom stereocenters. The minimum Gasteiger partial charge on any atom is -0.330 e. The van der Waals surface area contributed by atoms with E-state index in [2.05, 4.69) is 10.6 Å². The van der Waals surface area contributed by atoms with Gasteiger partial charge in [0.1, 0.15) is 0 Å². The molecular weight excluding hydrogens is 266 g/mol. The molecule has 21 heavy (non-hydrogen) atoms. The SMILES string of the molecule is NCCCCCC(=O)Nc1cccc(NC(=O)C2CC2)c1. The van der Waals surface area contributed by atoms with Crippen LogP contribution in [0, 0.1) is 5.92 Å². The van der Waals surface area contributed by atoms with E-state index in [1.54, 1.807) is 6.07 Å². The normalized spacial score (nSPS) is 13.8. The topological polar surface area (TPSA) is 84.2 Å². The smallest absolute Gasteiger partial charge is 0.227 e. The lowest BCUT2D eigenvalue weighted by Gasteiger charge is -2.08. The lowest BCUT2D eigenvalue weighted by molar-refractivity contribution is -0.117. The fraction of sp³-hybridized carbons (Fsp3) is 0.500. The first-order valence-electron chi connectivity index (χ1n) is 7.60. The first-order chi connectivity index (χ1) is 10.2. The zero-order valence-corrected chi connectivity index (χ0v) is 12.2. The molecule has 0 heterocycles. The first-order valence-corrected chi connectivity index (χ1v) is 7.60. The average molecular weight is 289 g/mol. The highest BCUT2D eigenvalue weighted by molar-refractivity contribution is 5.95. The summed E-state index contributed by atoms with van der Waals surface area (Å²) >= 11 is 0. The van der Waals surface area contributed by atoms with Crippen molar-refractivity contribution >= 4 is 23.2 Å². The van der Waals surface area contributed by atoms with Gasteiger partial charge >= 0.3 is 0 Å². The van der Waals surface area contributed by atoms with Gasteiger partial charge in [-0.25, -0.2) is 0 Å². The number of carbonyl (C=O) groups is 2. The minimum absolute atomic E-state index is 0.00214. The molecule has 114 valence electrons. The molecule has 4 N–H and O–H groups in total. The zero-order chi connectivity index (χ0) is 15.1. The van der Waals surface area contributed by atoms with Crippen LogP contribution in [0.4, 0.5) is 11.4 Å². The van der Waals surface area contributed by atoms with Crippen LogP contribution in [0.2, 0.25) is 0 Å². The molecule has 2 rings (SSSR count). The Hall–Kier alpha value is -1.88. The Bertz CT molecular complexity index is 498. The number of anilines is 2. The monoisotopic (exact) mass is 289 g/mol. The minimum atomic E-state index is -0.00214. The molecule has 0 spiro atoms. The third-order valence-electron chi connectivity index (χ3n) is 3.47. The van der Waals surface area contributed by atoms with E-state index in [1.165, 1.54) is 0 Å². The van der Waals surface area contributed by atoms with Gasteiger partial charge in [0.2, 0.25) is 11.8 Å². The Morgan fingerprint density at radius 2 is 1.81 bits per heavy atom. The van der Waals surface area contributed by atoms with Gasteiger partial charge in [0.15, 0.2) is 0 Å². The van der Waals surface area contributed by atoms with E-state index in [9.17, 15) is 9.59 Å². The van der Waals surface area contributed by atoms with E-state index in [1.807, 2.05) is 18.2 Å². The summed E-state index contributed by atoms with van der Waals surface area (Å²) < 4.78 is 0. The molecule has 0 aromatic heterocycles. The van der Waals surface area contributed by atoms with Crippen molar-refractivity contribution in [2.45, 2.75) is 38.5 Å². The van der Waals surface area contributed by atoms with E-state index in [-0.39, 0.29) is 17.7 Å². The standard InChI is InChI=1S/C16H23N3O2/c17-10-3-1-2-7-15(20)18-13-5-4-6-14(11-13)19-16(21)12-8-9-12/h4-6,11-12H,1-3,7-10,17H2,(H,18,20)(H,19,21). The highest BCUT2D eigenvalue weighted by Gasteiger charge is 2.29. The lowest BCUT2D eigenvalue weighted by Crippen LogP contribution is -2.14. The van der Waals surface area contributed by atoms with E-state index in [0.717, 1.165) is 37.8 Å². The maximum Gasteiger partial charge on any atom is 0.227 e. The van der Waals surface area contributed by atoms with Gasteiger partial charge in [-0.05, 0) is 50.4 Å². The molecule has 5 heteroatoms. The van der Waals surface area contributed by atoms with Crippen LogP contribution in [-0.4, -0.2) is 18.4 Å². The summed E-state index contributed by atoms with van der Waals surface area (Å²) in [7, 11) is 0. The Morgan fingerprint density at radius 3 is 2.48 bits per heavy atom. The van der Waals surface area contributed by atoms with E-state index >= 15 is 0 Å². The molecule has 0 radical (unpaired) electrons. The van der Waals surface area contributed by atoms with Crippen LogP contribution in [0.3, 0.4) is 0 Å². The fourth-order valence-electron chi connectivity index (χ4n) is 2.09. The van der Waals surface area contributed by atoms with Gasteiger partial charge in [-0.1, -0.05) is 12.5 Å². The predicted molar refractivity (Wildman–Crippen MR) is 83.9 cm³/mol. The summed E-state index contributed by atoms with van der Waals surface area (Å²) in [5.41, 5.74) is 6.86. The summed E-state index contributed by atoms with van der Waals surface area (Å²) in [4.78, 5) is 23.5. The molecule has 1 aromatic rings. The van der Waals surface area contributed by atoms with Crippen molar-refractivity contribution in [2.24, 2.45) is 11.7 Å². The van der Waals surface area contributed by atoms with Crippen molar-refractivity contribution < 1.29 is 9.59 Å². The van der Waals surface area contributed by atoms with Gasteiger partial charge in [-0.3, -0.25) is 9.59 Å². The van der Waals surface area contributed by atoms with Crippen molar-refractivity contribution in [3.8, 4) is 0 Å². The second kappa shape index (κ2) is 7.78. The molecule has 5 nitrogen and oxygen atoms in total. The largest absolute Gasteiger partial charge is 0.330 e. The molecule has 2 amide bonds. The van der Waals surface area contributed by atoms with Crippen LogP contribution in [0.25, 0.3) is 0 Å². The summed E-state index contributed by atoms with van der Waals surface area (Å²) in [5.74, 6) is 0.240. The van der Waals surface area contributed by atoms with Crippen molar-refractivity contribution in [2.75, 3.05) is 17.2 Å². The zero-order valence-electron chi connectivity index (χ0n) is 12.2. The summed E-state index contributed by atoms with van der Waals surface area (Å²) in [5, 5.41) is 5.73. The molecule has 1 aromatic carbocycles. The van der Waals surface area contributed by atoms with Crippen molar-refractivity contribution in [1.29, 1.82) is 0 Å². The maximum atomic E-state index is 11.8. The van der Waals surface area contributed by atoms with Crippen molar-refractivity contribution in [3.05, 3.63) is 24.3 Å². The molecule has 1 aliphatic rings. The number of amides is 2.